The Balaban J connectivity index is 1.45. The third-order valence-electron chi connectivity index (χ3n) is 7.49. The van der Waals surface area contributed by atoms with Crippen LogP contribution in [0, 0.1) is 28.6 Å². The topological polar surface area (TPSA) is 111 Å². The largest absolute Gasteiger partial charge is 0.390 e. The standard InChI is InChI=1S/C18H25N3O3/c19-6-12-1-11-2-13(11)21(12)15(22)14(20)16-3-10-4-17(23,7-16)9-18(24,5-10)8-16/h10-14,23-24H,1-5,7-9,20H2/t10?,11-,12+,13+,14-,16?,17?,18?/m0/s1. The molecule has 6 atom stereocenters. The van der Waals surface area contributed by atoms with E-state index in [1.807, 2.05) is 0 Å². The van der Waals surface area contributed by atoms with Gasteiger partial charge in [-0.15, -0.1) is 0 Å². The molecule has 24 heavy (non-hydrogen) atoms. The first-order valence-electron chi connectivity index (χ1n) is 9.19. The average Bonchev–Trinajstić information content (AvgIpc) is 3.12. The number of piperidine rings is 1. The van der Waals surface area contributed by atoms with Crippen LogP contribution >= 0.6 is 0 Å². The molecule has 6 rings (SSSR count). The summed E-state index contributed by atoms with van der Waals surface area (Å²) < 4.78 is 0. The number of aliphatic hydroxyl groups is 2. The van der Waals surface area contributed by atoms with E-state index in [4.69, 9.17) is 5.73 Å². The van der Waals surface area contributed by atoms with E-state index < -0.39 is 22.7 Å². The van der Waals surface area contributed by atoms with Gasteiger partial charge >= 0.3 is 0 Å². The Morgan fingerprint density at radius 1 is 1.17 bits per heavy atom. The second-order valence-corrected chi connectivity index (χ2v) is 9.49. The van der Waals surface area contributed by atoms with Crippen molar-refractivity contribution in [2.75, 3.05) is 0 Å². The lowest BCUT2D eigenvalue weighted by Gasteiger charge is -2.64. The maximum atomic E-state index is 13.2. The Morgan fingerprint density at radius 3 is 2.42 bits per heavy atom. The predicted octanol–water partition coefficient (Wildman–Crippen LogP) is 0.273. The van der Waals surface area contributed by atoms with Crippen molar-refractivity contribution < 1.29 is 15.0 Å². The third kappa shape index (κ3) is 1.89. The van der Waals surface area contributed by atoms with E-state index in [1.54, 1.807) is 4.90 Å². The normalized spacial score (nSPS) is 55.2. The number of amides is 1. The van der Waals surface area contributed by atoms with Gasteiger partial charge in [0, 0.05) is 17.9 Å². The fraction of sp³-hybridized carbons (Fsp3) is 0.889. The molecular formula is C18H25N3O3. The number of carbonyl (C=O) groups excluding carboxylic acids is 1. The molecule has 130 valence electrons. The number of nitriles is 1. The number of nitrogens with zero attached hydrogens (tertiary/aromatic N) is 2. The Hall–Kier alpha value is -1.16. The number of hydrogen-bond acceptors (Lipinski definition) is 5. The monoisotopic (exact) mass is 331 g/mol. The maximum Gasteiger partial charge on any atom is 0.241 e. The van der Waals surface area contributed by atoms with Gasteiger partial charge in [0.2, 0.25) is 5.91 Å². The van der Waals surface area contributed by atoms with Gasteiger partial charge in [-0.3, -0.25) is 4.79 Å². The summed E-state index contributed by atoms with van der Waals surface area (Å²) in [6.07, 6.45) is 5.41. The third-order valence-corrected chi connectivity index (χ3v) is 7.49. The molecular weight excluding hydrogens is 306 g/mol. The summed E-state index contributed by atoms with van der Waals surface area (Å²) in [5.74, 6) is 0.574. The van der Waals surface area contributed by atoms with Gasteiger partial charge in [0.05, 0.1) is 23.3 Å². The number of fused-ring (bicyclic) bond motifs is 1. The van der Waals surface area contributed by atoms with Crippen LogP contribution in [0.4, 0.5) is 0 Å². The first-order valence-corrected chi connectivity index (χ1v) is 9.19. The van der Waals surface area contributed by atoms with Crippen LogP contribution in [0.15, 0.2) is 0 Å². The number of likely N-dealkylation sites (tertiary alicyclic amines) is 1. The van der Waals surface area contributed by atoms with E-state index in [0.29, 0.717) is 38.0 Å². The molecule has 1 saturated heterocycles. The van der Waals surface area contributed by atoms with Crippen LogP contribution in [0.25, 0.3) is 0 Å². The second kappa shape index (κ2) is 4.32. The zero-order valence-corrected chi connectivity index (χ0v) is 13.8. The zero-order valence-electron chi connectivity index (χ0n) is 13.8. The summed E-state index contributed by atoms with van der Waals surface area (Å²) >= 11 is 0. The first-order chi connectivity index (χ1) is 11.3. The smallest absolute Gasteiger partial charge is 0.241 e. The molecule has 0 aromatic heterocycles. The number of rotatable bonds is 2. The van der Waals surface area contributed by atoms with Crippen LogP contribution in [0.3, 0.4) is 0 Å². The molecule has 4 N–H and O–H groups in total. The van der Waals surface area contributed by atoms with Crippen LogP contribution < -0.4 is 5.73 Å². The van der Waals surface area contributed by atoms with E-state index in [0.717, 1.165) is 19.3 Å². The predicted molar refractivity (Wildman–Crippen MR) is 84.3 cm³/mol. The number of hydrogen-bond donors (Lipinski definition) is 3. The molecule has 5 saturated carbocycles. The van der Waals surface area contributed by atoms with E-state index in [-0.39, 0.29) is 23.9 Å². The second-order valence-electron chi connectivity index (χ2n) is 9.49. The van der Waals surface area contributed by atoms with Gasteiger partial charge in [-0.25, -0.2) is 0 Å². The van der Waals surface area contributed by atoms with Crippen LogP contribution in [0.1, 0.15) is 51.4 Å². The Bertz CT molecular complexity index is 640. The minimum atomic E-state index is -0.881. The van der Waals surface area contributed by atoms with Gasteiger partial charge in [-0.2, -0.15) is 5.26 Å². The summed E-state index contributed by atoms with van der Waals surface area (Å²) in [6.45, 7) is 0. The molecule has 1 aliphatic heterocycles. The highest BCUT2D eigenvalue weighted by molar-refractivity contribution is 5.84. The maximum absolute atomic E-state index is 13.2. The van der Waals surface area contributed by atoms with E-state index >= 15 is 0 Å². The van der Waals surface area contributed by atoms with E-state index in [9.17, 15) is 20.3 Å². The zero-order chi connectivity index (χ0) is 16.9. The van der Waals surface area contributed by atoms with Crippen LogP contribution in [0.5, 0.6) is 0 Å². The van der Waals surface area contributed by atoms with Crippen LogP contribution in [-0.4, -0.2) is 50.3 Å². The molecule has 5 aliphatic carbocycles. The van der Waals surface area contributed by atoms with Crippen LogP contribution in [-0.2, 0) is 4.79 Å². The molecule has 6 aliphatic rings. The molecule has 4 bridgehead atoms. The lowest BCUT2D eigenvalue weighted by Crippen LogP contribution is -2.69. The van der Waals surface area contributed by atoms with Crippen LogP contribution in [0.2, 0.25) is 0 Å². The first kappa shape index (κ1) is 15.1. The van der Waals surface area contributed by atoms with Crippen molar-refractivity contribution in [2.24, 2.45) is 23.0 Å². The van der Waals surface area contributed by atoms with Gasteiger partial charge in [-0.05, 0) is 56.8 Å². The Labute approximate surface area is 141 Å². The van der Waals surface area contributed by atoms with Crippen molar-refractivity contribution in [3.8, 4) is 6.07 Å². The van der Waals surface area contributed by atoms with Gasteiger partial charge in [0.15, 0.2) is 0 Å². The highest BCUT2D eigenvalue weighted by Crippen LogP contribution is 2.64. The quantitative estimate of drug-likeness (QED) is 0.673. The molecule has 6 fully saturated rings. The lowest BCUT2D eigenvalue weighted by atomic mass is 9.44. The van der Waals surface area contributed by atoms with Crippen molar-refractivity contribution >= 4 is 5.91 Å². The van der Waals surface area contributed by atoms with Crippen molar-refractivity contribution in [2.45, 2.75) is 80.7 Å². The molecule has 1 heterocycles. The lowest BCUT2D eigenvalue weighted by molar-refractivity contribution is -0.234. The molecule has 2 unspecified atom stereocenters. The molecule has 0 aromatic rings. The Morgan fingerprint density at radius 2 is 1.83 bits per heavy atom. The summed E-state index contributed by atoms with van der Waals surface area (Å²) in [5, 5.41) is 31.1. The fourth-order valence-electron chi connectivity index (χ4n) is 7.07. The number of nitrogens with two attached hydrogens (primary N) is 1. The van der Waals surface area contributed by atoms with Gasteiger partial charge in [0.25, 0.3) is 0 Å². The summed E-state index contributed by atoms with van der Waals surface area (Å²) in [5.41, 5.74) is 4.21. The fourth-order valence-corrected chi connectivity index (χ4v) is 7.07. The minimum Gasteiger partial charge on any atom is -0.390 e. The van der Waals surface area contributed by atoms with Crippen molar-refractivity contribution in [1.82, 2.24) is 4.90 Å². The molecule has 0 aromatic carbocycles. The Kier molecular flexibility index (Phi) is 2.72. The highest BCUT2D eigenvalue weighted by Gasteiger charge is 2.66. The van der Waals surface area contributed by atoms with E-state index in [2.05, 4.69) is 6.07 Å². The molecule has 6 nitrogen and oxygen atoms in total. The van der Waals surface area contributed by atoms with Gasteiger partial charge in [0.1, 0.15) is 6.04 Å². The summed E-state index contributed by atoms with van der Waals surface area (Å²) in [6, 6.07) is 1.36. The van der Waals surface area contributed by atoms with Crippen molar-refractivity contribution in [1.29, 1.82) is 5.26 Å². The van der Waals surface area contributed by atoms with E-state index in [1.165, 1.54) is 0 Å². The average molecular weight is 331 g/mol. The number of carbonyl (C=O) groups is 1. The highest BCUT2D eigenvalue weighted by atomic mass is 16.3. The molecule has 1 amide bonds. The minimum absolute atomic E-state index is 0.138. The molecule has 0 spiro atoms. The van der Waals surface area contributed by atoms with Crippen molar-refractivity contribution in [3.63, 3.8) is 0 Å². The summed E-state index contributed by atoms with van der Waals surface area (Å²) in [7, 11) is 0. The molecule has 6 heteroatoms. The SMILES string of the molecule is N#C[C@H]1C[C@H]2C[C@H]2N1C(=O)[C@H](N)C12CC3CC(O)(CC(O)(C3)C1)C2. The van der Waals surface area contributed by atoms with Crippen molar-refractivity contribution in [3.05, 3.63) is 0 Å². The van der Waals surface area contributed by atoms with Gasteiger partial charge < -0.3 is 20.8 Å². The molecule has 0 radical (unpaired) electrons. The van der Waals surface area contributed by atoms with Gasteiger partial charge in [-0.1, -0.05) is 0 Å². The summed E-state index contributed by atoms with van der Waals surface area (Å²) in [4.78, 5) is 14.9.